The summed E-state index contributed by atoms with van der Waals surface area (Å²) >= 11 is 0. The van der Waals surface area contributed by atoms with Crippen molar-refractivity contribution in [2.45, 2.75) is 39.5 Å². The van der Waals surface area contributed by atoms with E-state index in [9.17, 15) is 0 Å². The molecule has 3 nitrogen and oxygen atoms in total. The average Bonchev–Trinajstić information content (AvgIpc) is 2.61. The number of ether oxygens (including phenoxy) is 1. The molecule has 0 saturated carbocycles. The largest absolute Gasteiger partial charge is 0.481 e. The van der Waals surface area contributed by atoms with Crippen molar-refractivity contribution in [3.8, 4) is 18.1 Å². The topological polar surface area (TPSA) is 24.5 Å². The van der Waals surface area contributed by atoms with E-state index >= 15 is 0 Å². The third-order valence-electron chi connectivity index (χ3n) is 4.23. The number of nitrogens with one attached hydrogen (secondary N) is 1. The quantitative estimate of drug-likeness (QED) is 0.704. The molecule has 0 amide bonds. The number of hydrogen-bond acceptors (Lipinski definition) is 3. The van der Waals surface area contributed by atoms with Gasteiger partial charge in [0.15, 0.2) is 0 Å². The molecule has 0 aromatic heterocycles. The van der Waals surface area contributed by atoms with Gasteiger partial charge in [0.25, 0.3) is 0 Å². The van der Waals surface area contributed by atoms with E-state index in [1.165, 1.54) is 11.1 Å². The Balaban J connectivity index is 1.91. The highest BCUT2D eigenvalue weighted by atomic mass is 16.5. The van der Waals surface area contributed by atoms with Gasteiger partial charge in [-0.15, -0.1) is 6.42 Å². The van der Waals surface area contributed by atoms with Gasteiger partial charge >= 0.3 is 0 Å². The average molecular weight is 336 g/mol. The lowest BCUT2D eigenvalue weighted by Gasteiger charge is -2.21. The third-order valence-corrected chi connectivity index (χ3v) is 4.23. The summed E-state index contributed by atoms with van der Waals surface area (Å²) in [5.74, 6) is 3.36. The zero-order valence-electron chi connectivity index (χ0n) is 15.5. The molecule has 2 aromatic carbocycles. The summed E-state index contributed by atoms with van der Waals surface area (Å²) in [6.45, 7) is 7.26. The van der Waals surface area contributed by atoms with E-state index in [2.05, 4.69) is 67.4 Å². The van der Waals surface area contributed by atoms with E-state index in [1.807, 2.05) is 18.2 Å². The van der Waals surface area contributed by atoms with E-state index in [-0.39, 0.29) is 0 Å². The molecule has 3 heteroatoms. The molecule has 132 valence electrons. The van der Waals surface area contributed by atoms with Gasteiger partial charge in [0.05, 0.1) is 0 Å². The maximum Gasteiger partial charge on any atom is 0.148 e. The normalized spacial score (nSPS) is 10.9. The van der Waals surface area contributed by atoms with Crippen molar-refractivity contribution in [2.24, 2.45) is 0 Å². The fourth-order valence-electron chi connectivity index (χ4n) is 2.56. The van der Waals surface area contributed by atoms with Crippen LogP contribution in [0.4, 0.5) is 0 Å². The minimum absolute atomic E-state index is 0.294. The Kier molecular flexibility index (Phi) is 7.53. The van der Waals surface area contributed by atoms with Gasteiger partial charge in [-0.25, -0.2) is 0 Å². The van der Waals surface area contributed by atoms with E-state index in [4.69, 9.17) is 11.2 Å². The molecule has 2 aromatic rings. The first-order chi connectivity index (χ1) is 12.1. The van der Waals surface area contributed by atoms with E-state index in [0.29, 0.717) is 12.6 Å². The van der Waals surface area contributed by atoms with Gasteiger partial charge in [0.1, 0.15) is 12.4 Å². The highest BCUT2D eigenvalue weighted by Gasteiger charge is 2.05. The Hall–Kier alpha value is -2.28. The standard InChI is InChI=1S/C22H28N2O/c1-5-13-25-22-12-7-6-11-21(22)16-23-15-19-9-8-10-20(14-19)17-24(4)18(2)3/h1,6-12,14,18,23H,13,15-17H2,2-4H3. The highest BCUT2D eigenvalue weighted by molar-refractivity contribution is 5.33. The minimum atomic E-state index is 0.294. The van der Waals surface area contributed by atoms with Crippen LogP contribution < -0.4 is 10.1 Å². The lowest BCUT2D eigenvalue weighted by Crippen LogP contribution is -2.25. The summed E-state index contributed by atoms with van der Waals surface area (Å²) in [6, 6.07) is 17.3. The van der Waals surface area contributed by atoms with Crippen LogP contribution in [0.5, 0.6) is 5.75 Å². The molecule has 1 N–H and O–H groups in total. The van der Waals surface area contributed by atoms with Crippen LogP contribution in [-0.4, -0.2) is 24.6 Å². The fraction of sp³-hybridized carbons (Fsp3) is 0.364. The molecule has 0 heterocycles. The molecule has 2 rings (SSSR count). The molecule has 0 spiro atoms. The lowest BCUT2D eigenvalue weighted by atomic mass is 10.1. The second kappa shape index (κ2) is 9.88. The number of para-hydroxylation sites is 1. The van der Waals surface area contributed by atoms with Crippen molar-refractivity contribution < 1.29 is 4.74 Å². The first-order valence-corrected chi connectivity index (χ1v) is 8.73. The summed E-state index contributed by atoms with van der Waals surface area (Å²) in [4.78, 5) is 2.34. The van der Waals surface area contributed by atoms with Crippen molar-refractivity contribution in [1.29, 1.82) is 0 Å². The Morgan fingerprint density at radius 3 is 2.60 bits per heavy atom. The second-order valence-corrected chi connectivity index (χ2v) is 6.53. The minimum Gasteiger partial charge on any atom is -0.481 e. The molecule has 25 heavy (non-hydrogen) atoms. The molecule has 0 aliphatic carbocycles. The van der Waals surface area contributed by atoms with Gasteiger partial charge in [-0.1, -0.05) is 48.4 Å². The number of benzene rings is 2. The van der Waals surface area contributed by atoms with Crippen LogP contribution in [0.2, 0.25) is 0 Å². The van der Waals surface area contributed by atoms with Crippen LogP contribution in [0, 0.1) is 12.3 Å². The van der Waals surface area contributed by atoms with Crippen LogP contribution in [0.25, 0.3) is 0 Å². The highest BCUT2D eigenvalue weighted by Crippen LogP contribution is 2.18. The van der Waals surface area contributed by atoms with Crippen molar-refractivity contribution in [2.75, 3.05) is 13.7 Å². The lowest BCUT2D eigenvalue weighted by molar-refractivity contribution is 0.266. The molecule has 0 bridgehead atoms. The van der Waals surface area contributed by atoms with Crippen LogP contribution in [-0.2, 0) is 19.6 Å². The molecule has 0 unspecified atom stereocenters. The molecular weight excluding hydrogens is 308 g/mol. The second-order valence-electron chi connectivity index (χ2n) is 6.53. The first-order valence-electron chi connectivity index (χ1n) is 8.73. The monoisotopic (exact) mass is 336 g/mol. The molecular formula is C22H28N2O. The summed E-state index contributed by atoms with van der Waals surface area (Å²) in [6.07, 6.45) is 5.28. The predicted octanol–water partition coefficient (Wildman–Crippen LogP) is 3.83. The first kappa shape index (κ1) is 19.1. The number of nitrogens with zero attached hydrogens (tertiary/aromatic N) is 1. The predicted molar refractivity (Wildman–Crippen MR) is 104 cm³/mol. The summed E-state index contributed by atoms with van der Waals surface area (Å²) < 4.78 is 5.59. The molecule has 0 fully saturated rings. The third kappa shape index (κ3) is 6.26. The van der Waals surface area contributed by atoms with Gasteiger partial charge in [-0.2, -0.15) is 0 Å². The maximum absolute atomic E-state index is 5.59. The van der Waals surface area contributed by atoms with E-state index in [0.717, 1.165) is 30.9 Å². The van der Waals surface area contributed by atoms with Crippen molar-refractivity contribution in [1.82, 2.24) is 10.2 Å². The Labute approximate surface area is 152 Å². The van der Waals surface area contributed by atoms with Crippen molar-refractivity contribution >= 4 is 0 Å². The van der Waals surface area contributed by atoms with Gasteiger partial charge in [-0.3, -0.25) is 4.90 Å². The SMILES string of the molecule is C#CCOc1ccccc1CNCc1cccc(CN(C)C(C)C)c1. The smallest absolute Gasteiger partial charge is 0.148 e. The van der Waals surface area contributed by atoms with Crippen LogP contribution >= 0.6 is 0 Å². The summed E-state index contributed by atoms with van der Waals surface area (Å²) in [5.41, 5.74) is 3.75. The Morgan fingerprint density at radius 1 is 1.08 bits per heavy atom. The molecule has 0 aliphatic rings. The van der Waals surface area contributed by atoms with Crippen LogP contribution in [0.1, 0.15) is 30.5 Å². The maximum atomic E-state index is 5.59. The zero-order valence-corrected chi connectivity index (χ0v) is 15.5. The van der Waals surface area contributed by atoms with Gasteiger partial charge in [-0.05, 0) is 38.1 Å². The Bertz CT molecular complexity index is 703. The van der Waals surface area contributed by atoms with Crippen LogP contribution in [0.15, 0.2) is 48.5 Å². The van der Waals surface area contributed by atoms with Crippen LogP contribution in [0.3, 0.4) is 0 Å². The summed E-state index contributed by atoms with van der Waals surface area (Å²) in [5, 5.41) is 3.49. The molecule has 0 atom stereocenters. The zero-order chi connectivity index (χ0) is 18.1. The fourth-order valence-corrected chi connectivity index (χ4v) is 2.56. The van der Waals surface area contributed by atoms with E-state index < -0.39 is 0 Å². The molecule has 0 aliphatic heterocycles. The molecule has 0 radical (unpaired) electrons. The number of rotatable bonds is 9. The van der Waals surface area contributed by atoms with Gasteiger partial charge in [0.2, 0.25) is 0 Å². The van der Waals surface area contributed by atoms with Gasteiger partial charge in [0, 0.05) is 31.2 Å². The van der Waals surface area contributed by atoms with Crippen molar-refractivity contribution in [3.63, 3.8) is 0 Å². The molecule has 0 saturated heterocycles. The van der Waals surface area contributed by atoms with Crippen molar-refractivity contribution in [3.05, 3.63) is 65.2 Å². The number of terminal acetylenes is 1. The van der Waals surface area contributed by atoms with Gasteiger partial charge < -0.3 is 10.1 Å². The Morgan fingerprint density at radius 2 is 1.84 bits per heavy atom. The summed E-state index contributed by atoms with van der Waals surface area (Å²) in [7, 11) is 2.16. The number of hydrogen-bond donors (Lipinski definition) is 1. The van der Waals surface area contributed by atoms with E-state index in [1.54, 1.807) is 0 Å².